The molecule has 10 heavy (non-hydrogen) atoms. The zero-order valence-corrected chi connectivity index (χ0v) is 5.43. The molecule has 0 saturated carbocycles. The third-order valence-corrected chi connectivity index (χ3v) is 1.14. The van der Waals surface area contributed by atoms with Crippen LogP contribution < -0.4 is 4.73 Å². The summed E-state index contributed by atoms with van der Waals surface area (Å²) in [6, 6.07) is 0. The minimum absolute atomic E-state index is 0.553. The van der Waals surface area contributed by atoms with E-state index in [0.717, 1.165) is 0 Å². The van der Waals surface area contributed by atoms with Crippen molar-refractivity contribution in [3.63, 3.8) is 0 Å². The molecule has 0 amide bonds. The fraction of sp³-hybridized carbons (Fsp3) is 0.200. The Labute approximate surface area is 57.4 Å². The Balaban J connectivity index is 3.03. The van der Waals surface area contributed by atoms with Crippen LogP contribution in [0.3, 0.4) is 0 Å². The Kier molecular flexibility index (Phi) is 1.57. The van der Waals surface area contributed by atoms with E-state index in [4.69, 9.17) is 5.21 Å². The molecule has 5 heteroatoms. The highest BCUT2D eigenvalue weighted by Gasteiger charge is 2.01. The van der Waals surface area contributed by atoms with Gasteiger partial charge < -0.3 is 10.4 Å². The molecule has 0 radical (unpaired) electrons. The van der Waals surface area contributed by atoms with Gasteiger partial charge in [0.25, 0.3) is 0 Å². The summed E-state index contributed by atoms with van der Waals surface area (Å²) in [5.41, 5.74) is 0.553. The molecule has 54 valence electrons. The van der Waals surface area contributed by atoms with Crippen LogP contribution in [0.5, 0.6) is 0 Å². The van der Waals surface area contributed by atoms with Gasteiger partial charge in [0.2, 0.25) is 6.33 Å². The van der Waals surface area contributed by atoms with Crippen LogP contribution in [0.2, 0.25) is 0 Å². The monoisotopic (exact) mass is 141 g/mol. The van der Waals surface area contributed by atoms with E-state index < -0.39 is 0 Å². The maximum absolute atomic E-state index is 10.5. The van der Waals surface area contributed by atoms with Gasteiger partial charge >= 0.3 is 0 Å². The number of hydrogen-bond donors (Lipinski definition) is 1. The van der Waals surface area contributed by atoms with Crippen molar-refractivity contribution in [2.24, 2.45) is 12.2 Å². The lowest BCUT2D eigenvalue weighted by Crippen LogP contribution is -2.21. The SMILES string of the molecule is Cn1c[n+]([O-])cc1C=NO. The van der Waals surface area contributed by atoms with Crippen molar-refractivity contribution in [2.75, 3.05) is 0 Å². The van der Waals surface area contributed by atoms with E-state index in [0.29, 0.717) is 10.4 Å². The number of aromatic nitrogens is 2. The Morgan fingerprint density at radius 3 is 3.00 bits per heavy atom. The van der Waals surface area contributed by atoms with Crippen LogP contribution >= 0.6 is 0 Å². The highest BCUT2D eigenvalue weighted by molar-refractivity contribution is 5.75. The lowest BCUT2D eigenvalue weighted by Gasteiger charge is -1.87. The quantitative estimate of drug-likeness (QED) is 0.188. The average molecular weight is 141 g/mol. The largest absolute Gasteiger partial charge is 0.711 e. The highest BCUT2D eigenvalue weighted by Crippen LogP contribution is 1.87. The van der Waals surface area contributed by atoms with Gasteiger partial charge in [-0.3, -0.25) is 0 Å². The summed E-state index contributed by atoms with van der Waals surface area (Å²) in [7, 11) is 1.69. The third-order valence-electron chi connectivity index (χ3n) is 1.14. The lowest BCUT2D eigenvalue weighted by atomic mass is 10.5. The van der Waals surface area contributed by atoms with Crippen LogP contribution in [-0.2, 0) is 7.05 Å². The first kappa shape index (κ1) is 6.60. The van der Waals surface area contributed by atoms with Crippen molar-refractivity contribution >= 4 is 6.21 Å². The second-order valence-electron chi connectivity index (χ2n) is 1.88. The maximum atomic E-state index is 10.5. The summed E-state index contributed by atoms with van der Waals surface area (Å²) in [6.07, 6.45) is 3.82. The van der Waals surface area contributed by atoms with Gasteiger partial charge in [0.1, 0.15) is 12.4 Å². The molecule has 0 spiro atoms. The van der Waals surface area contributed by atoms with Crippen LogP contribution in [0.4, 0.5) is 0 Å². The Bertz CT molecular complexity index is 253. The summed E-state index contributed by atoms with van der Waals surface area (Å²) in [4.78, 5) is 0. The molecule has 0 atom stereocenters. The van der Waals surface area contributed by atoms with Gasteiger partial charge in [-0.2, -0.15) is 0 Å². The molecule has 1 aromatic heterocycles. The number of nitrogens with zero attached hydrogens (tertiary/aromatic N) is 3. The smallest absolute Gasteiger partial charge is 0.247 e. The molecule has 1 heterocycles. The van der Waals surface area contributed by atoms with Crippen LogP contribution in [0.25, 0.3) is 0 Å². The molecular weight excluding hydrogens is 134 g/mol. The van der Waals surface area contributed by atoms with Crippen molar-refractivity contribution in [3.05, 3.63) is 23.4 Å². The molecule has 0 saturated heterocycles. The number of imidazole rings is 1. The number of aryl methyl sites for hydroxylation is 1. The third kappa shape index (κ3) is 1.07. The van der Waals surface area contributed by atoms with Gasteiger partial charge in [-0.15, -0.1) is 0 Å². The Morgan fingerprint density at radius 1 is 1.90 bits per heavy atom. The fourth-order valence-corrected chi connectivity index (χ4v) is 0.676. The molecule has 0 fully saturated rings. The van der Waals surface area contributed by atoms with E-state index in [9.17, 15) is 5.21 Å². The van der Waals surface area contributed by atoms with Crippen LogP contribution in [-0.4, -0.2) is 16.0 Å². The summed E-state index contributed by atoms with van der Waals surface area (Å²) in [5.74, 6) is 0. The van der Waals surface area contributed by atoms with Crippen molar-refractivity contribution < 1.29 is 9.94 Å². The second-order valence-corrected chi connectivity index (χ2v) is 1.88. The van der Waals surface area contributed by atoms with Gasteiger partial charge in [-0.1, -0.05) is 5.16 Å². The summed E-state index contributed by atoms with van der Waals surface area (Å²) < 4.78 is 2.18. The molecular formula is C5H7N3O2. The van der Waals surface area contributed by atoms with E-state index in [1.807, 2.05) is 0 Å². The Morgan fingerprint density at radius 2 is 2.60 bits per heavy atom. The van der Waals surface area contributed by atoms with E-state index >= 15 is 0 Å². The summed E-state index contributed by atoms with van der Waals surface area (Å²) in [6.45, 7) is 0. The highest BCUT2D eigenvalue weighted by atomic mass is 16.5. The van der Waals surface area contributed by atoms with Crippen molar-refractivity contribution in [2.45, 2.75) is 0 Å². The van der Waals surface area contributed by atoms with Crippen LogP contribution in [0.1, 0.15) is 5.69 Å². The molecule has 1 rings (SSSR count). The van der Waals surface area contributed by atoms with Crippen LogP contribution in [0.15, 0.2) is 17.7 Å². The molecule has 0 aromatic carbocycles. The van der Waals surface area contributed by atoms with Crippen molar-refractivity contribution in [1.82, 2.24) is 4.57 Å². The minimum atomic E-state index is 0.553. The first-order chi connectivity index (χ1) is 4.74. The normalized spacial score (nSPS) is 10.9. The van der Waals surface area contributed by atoms with Gasteiger partial charge in [-0.05, 0) is 0 Å². The molecule has 1 aromatic rings. The predicted octanol–water partition coefficient (Wildman–Crippen LogP) is -0.533. The molecule has 0 aliphatic carbocycles. The molecule has 5 nitrogen and oxygen atoms in total. The number of rotatable bonds is 1. The molecule has 1 N–H and O–H groups in total. The van der Waals surface area contributed by atoms with Crippen molar-refractivity contribution in [3.8, 4) is 0 Å². The fourth-order valence-electron chi connectivity index (χ4n) is 0.676. The molecule has 0 aliphatic rings. The summed E-state index contributed by atoms with van der Waals surface area (Å²) >= 11 is 0. The predicted molar refractivity (Wildman–Crippen MR) is 33.8 cm³/mol. The topological polar surface area (TPSA) is 64.5 Å². The molecule has 0 unspecified atom stereocenters. The number of oxime groups is 1. The molecule has 0 aliphatic heterocycles. The zero-order valence-electron chi connectivity index (χ0n) is 5.43. The van der Waals surface area contributed by atoms with Gasteiger partial charge in [0, 0.05) is 0 Å². The first-order valence-corrected chi connectivity index (χ1v) is 2.66. The van der Waals surface area contributed by atoms with E-state index in [2.05, 4.69) is 5.16 Å². The lowest BCUT2D eigenvalue weighted by molar-refractivity contribution is -0.604. The van der Waals surface area contributed by atoms with Gasteiger partial charge in [0.05, 0.1) is 7.05 Å². The van der Waals surface area contributed by atoms with E-state index in [1.165, 1.54) is 18.7 Å². The standard InChI is InChI=1S/C5H7N3O2/c1-7-4-8(10)3-5(7)2-6-9/h2-4,9H,1H3. The zero-order chi connectivity index (χ0) is 7.56. The second kappa shape index (κ2) is 2.38. The Hall–Kier alpha value is -1.52. The first-order valence-electron chi connectivity index (χ1n) is 2.66. The summed E-state index contributed by atoms with van der Waals surface area (Å²) in [5, 5.41) is 21.4. The van der Waals surface area contributed by atoms with Crippen LogP contribution in [0, 0.1) is 5.21 Å². The van der Waals surface area contributed by atoms with E-state index in [1.54, 1.807) is 11.6 Å². The minimum Gasteiger partial charge on any atom is -0.711 e. The maximum Gasteiger partial charge on any atom is 0.247 e. The van der Waals surface area contributed by atoms with Gasteiger partial charge in [-0.25, -0.2) is 9.30 Å². The number of hydrogen-bond acceptors (Lipinski definition) is 3. The average Bonchev–Trinajstić information content (AvgIpc) is 2.13. The van der Waals surface area contributed by atoms with E-state index in [-0.39, 0.29) is 0 Å². The van der Waals surface area contributed by atoms with Crippen molar-refractivity contribution in [1.29, 1.82) is 0 Å². The molecule has 0 bridgehead atoms. The van der Waals surface area contributed by atoms with Gasteiger partial charge in [0.15, 0.2) is 5.69 Å².